The highest BCUT2D eigenvalue weighted by molar-refractivity contribution is 5.95. The van der Waals surface area contributed by atoms with Crippen LogP contribution in [0.3, 0.4) is 0 Å². The fraction of sp³-hybridized carbons (Fsp3) is 0.667. The van der Waals surface area contributed by atoms with Crippen LogP contribution in [0.4, 0.5) is 15.3 Å². The summed E-state index contributed by atoms with van der Waals surface area (Å²) >= 11 is 0. The molecule has 3 aliphatic rings. The molecule has 1 aromatic rings. The summed E-state index contributed by atoms with van der Waals surface area (Å²) in [6, 6.07) is 8.57. The van der Waals surface area contributed by atoms with Gasteiger partial charge in [0.25, 0.3) is 0 Å². The van der Waals surface area contributed by atoms with Crippen molar-refractivity contribution in [2.45, 2.75) is 64.6 Å². The molecule has 0 N–H and O–H groups in total. The lowest BCUT2D eigenvalue weighted by molar-refractivity contribution is 0.0172. The van der Waals surface area contributed by atoms with Crippen molar-refractivity contribution in [3.8, 4) is 0 Å². The second-order valence-corrected chi connectivity index (χ2v) is 9.92. The summed E-state index contributed by atoms with van der Waals surface area (Å²) in [6.07, 6.45) is 3.30. The number of para-hydroxylation sites is 1. The first-order chi connectivity index (χ1) is 14.8. The molecule has 7 heteroatoms. The molecule has 0 aliphatic carbocycles. The summed E-state index contributed by atoms with van der Waals surface area (Å²) in [5.74, 6) is 0.393. The van der Waals surface area contributed by atoms with Gasteiger partial charge < -0.3 is 19.3 Å². The summed E-state index contributed by atoms with van der Waals surface area (Å²) in [6.45, 7) is 9.84. The SMILES string of the molecule is CC(C)(C)OC(=O)N1CCC(CN2Cc3ccccc3N(C3CCOCC3)C2=O)CC1. The molecule has 0 spiro atoms. The number of hydrogen-bond donors (Lipinski definition) is 0. The maximum absolute atomic E-state index is 13.5. The van der Waals surface area contributed by atoms with Gasteiger partial charge in [0.2, 0.25) is 0 Å². The molecular weight excluding hydrogens is 394 g/mol. The topological polar surface area (TPSA) is 62.3 Å². The Labute approximate surface area is 185 Å². The lowest BCUT2D eigenvalue weighted by Gasteiger charge is -2.44. The molecule has 31 heavy (non-hydrogen) atoms. The average molecular weight is 430 g/mol. The molecule has 3 aliphatic heterocycles. The lowest BCUT2D eigenvalue weighted by atomic mass is 9.95. The highest BCUT2D eigenvalue weighted by Gasteiger charge is 2.37. The first kappa shape index (κ1) is 21.9. The first-order valence-electron chi connectivity index (χ1n) is 11.5. The molecule has 0 bridgehead atoms. The fourth-order valence-corrected chi connectivity index (χ4v) is 4.78. The standard InChI is InChI=1S/C24H35N3O4/c1-24(2,3)31-23(29)25-12-8-18(9-13-25)16-26-17-19-6-4-5-7-21(19)27(22(26)28)20-10-14-30-15-11-20/h4-7,18,20H,8-17H2,1-3H3. The van der Waals surface area contributed by atoms with Crippen LogP contribution in [-0.4, -0.2) is 66.4 Å². The summed E-state index contributed by atoms with van der Waals surface area (Å²) in [5, 5.41) is 0. The van der Waals surface area contributed by atoms with E-state index in [4.69, 9.17) is 9.47 Å². The van der Waals surface area contributed by atoms with E-state index in [-0.39, 0.29) is 18.2 Å². The van der Waals surface area contributed by atoms with E-state index in [1.165, 1.54) is 5.56 Å². The predicted molar refractivity (Wildman–Crippen MR) is 119 cm³/mol. The molecule has 2 fully saturated rings. The number of urea groups is 1. The number of fused-ring (bicyclic) bond motifs is 1. The van der Waals surface area contributed by atoms with Crippen molar-refractivity contribution in [3.05, 3.63) is 29.8 Å². The quantitative estimate of drug-likeness (QED) is 0.720. The maximum atomic E-state index is 13.5. The smallest absolute Gasteiger partial charge is 0.410 e. The Bertz CT molecular complexity index is 792. The van der Waals surface area contributed by atoms with Gasteiger partial charge >= 0.3 is 12.1 Å². The average Bonchev–Trinajstić information content (AvgIpc) is 2.74. The fourth-order valence-electron chi connectivity index (χ4n) is 4.78. The van der Waals surface area contributed by atoms with Crippen LogP contribution in [0.1, 0.15) is 52.0 Å². The second kappa shape index (κ2) is 9.07. The van der Waals surface area contributed by atoms with Gasteiger partial charge in [0.15, 0.2) is 0 Å². The predicted octanol–water partition coefficient (Wildman–Crippen LogP) is 4.25. The summed E-state index contributed by atoms with van der Waals surface area (Å²) in [7, 11) is 0. The molecule has 2 saturated heterocycles. The van der Waals surface area contributed by atoms with Crippen molar-refractivity contribution in [3.63, 3.8) is 0 Å². The zero-order valence-corrected chi connectivity index (χ0v) is 19.0. The number of benzene rings is 1. The van der Waals surface area contributed by atoms with Gasteiger partial charge in [0.1, 0.15) is 5.60 Å². The minimum absolute atomic E-state index is 0.111. The normalized spacial score (nSPS) is 21.3. The van der Waals surface area contributed by atoms with Gasteiger partial charge in [-0.1, -0.05) is 18.2 Å². The lowest BCUT2D eigenvalue weighted by Crippen LogP contribution is -2.54. The molecule has 0 aromatic heterocycles. The Morgan fingerprint density at radius 1 is 1.10 bits per heavy atom. The molecule has 7 nitrogen and oxygen atoms in total. The third-order valence-corrected chi connectivity index (χ3v) is 6.39. The van der Waals surface area contributed by atoms with Crippen molar-refractivity contribution in [1.82, 2.24) is 9.80 Å². The Hall–Kier alpha value is -2.28. The number of rotatable bonds is 3. The molecular formula is C24H35N3O4. The molecule has 3 amide bonds. The van der Waals surface area contributed by atoms with Crippen LogP contribution in [0.15, 0.2) is 24.3 Å². The van der Waals surface area contributed by atoms with Gasteiger partial charge in [0, 0.05) is 45.4 Å². The number of ether oxygens (including phenoxy) is 2. The number of hydrogen-bond acceptors (Lipinski definition) is 4. The molecule has 0 atom stereocenters. The van der Waals surface area contributed by atoms with Crippen LogP contribution in [-0.2, 0) is 16.0 Å². The summed E-state index contributed by atoms with van der Waals surface area (Å²) in [4.78, 5) is 31.7. The van der Waals surface area contributed by atoms with Crippen LogP contribution < -0.4 is 4.90 Å². The monoisotopic (exact) mass is 429 g/mol. The molecule has 0 saturated carbocycles. The molecule has 1 aromatic carbocycles. The van der Waals surface area contributed by atoms with Gasteiger partial charge in [-0.15, -0.1) is 0 Å². The summed E-state index contributed by atoms with van der Waals surface area (Å²) < 4.78 is 11.0. The van der Waals surface area contributed by atoms with Gasteiger partial charge in [0.05, 0.1) is 5.69 Å². The number of carbonyl (C=O) groups is 2. The Balaban J connectivity index is 1.40. The van der Waals surface area contributed by atoms with E-state index in [1.54, 1.807) is 4.90 Å². The van der Waals surface area contributed by atoms with Crippen LogP contribution in [0.2, 0.25) is 0 Å². The van der Waals surface area contributed by atoms with E-state index in [1.807, 2.05) is 42.7 Å². The van der Waals surface area contributed by atoms with Crippen LogP contribution in [0.5, 0.6) is 0 Å². The van der Waals surface area contributed by atoms with E-state index in [0.29, 0.717) is 38.8 Å². The van der Waals surface area contributed by atoms with E-state index in [2.05, 4.69) is 12.1 Å². The van der Waals surface area contributed by atoms with Crippen molar-refractivity contribution in [2.75, 3.05) is 37.7 Å². The van der Waals surface area contributed by atoms with Gasteiger partial charge in [-0.2, -0.15) is 0 Å². The molecule has 0 unspecified atom stereocenters. The van der Waals surface area contributed by atoms with Crippen molar-refractivity contribution in [2.24, 2.45) is 5.92 Å². The van der Waals surface area contributed by atoms with E-state index in [9.17, 15) is 9.59 Å². The van der Waals surface area contributed by atoms with Gasteiger partial charge in [-0.25, -0.2) is 9.59 Å². The third-order valence-electron chi connectivity index (χ3n) is 6.39. The third kappa shape index (κ3) is 5.14. The van der Waals surface area contributed by atoms with Crippen molar-refractivity contribution in [1.29, 1.82) is 0 Å². The second-order valence-electron chi connectivity index (χ2n) is 9.92. The highest BCUT2D eigenvalue weighted by atomic mass is 16.6. The minimum atomic E-state index is -0.477. The minimum Gasteiger partial charge on any atom is -0.444 e. The Morgan fingerprint density at radius 3 is 2.45 bits per heavy atom. The molecule has 0 radical (unpaired) electrons. The largest absolute Gasteiger partial charge is 0.444 e. The maximum Gasteiger partial charge on any atom is 0.410 e. The number of piperidine rings is 1. The van der Waals surface area contributed by atoms with E-state index < -0.39 is 5.60 Å². The first-order valence-corrected chi connectivity index (χ1v) is 11.5. The zero-order chi connectivity index (χ0) is 22.0. The van der Waals surface area contributed by atoms with Gasteiger partial charge in [-0.3, -0.25) is 4.90 Å². The number of anilines is 1. The molecule has 170 valence electrons. The number of likely N-dealkylation sites (tertiary alicyclic amines) is 1. The highest BCUT2D eigenvalue weighted by Crippen LogP contribution is 2.34. The van der Waals surface area contributed by atoms with Crippen LogP contribution in [0.25, 0.3) is 0 Å². The Kier molecular flexibility index (Phi) is 6.42. The van der Waals surface area contributed by atoms with E-state index >= 15 is 0 Å². The molecule has 3 heterocycles. The Morgan fingerprint density at radius 2 is 1.77 bits per heavy atom. The molecule has 4 rings (SSSR count). The summed E-state index contributed by atoms with van der Waals surface area (Å²) in [5.41, 5.74) is 1.78. The number of nitrogens with zero attached hydrogens (tertiary/aromatic N) is 3. The van der Waals surface area contributed by atoms with Crippen molar-refractivity contribution < 1.29 is 19.1 Å². The number of amides is 3. The van der Waals surface area contributed by atoms with Crippen LogP contribution >= 0.6 is 0 Å². The number of carbonyl (C=O) groups excluding carboxylic acids is 2. The van der Waals surface area contributed by atoms with Gasteiger partial charge in [-0.05, 0) is 64.0 Å². The van der Waals surface area contributed by atoms with Crippen LogP contribution in [0, 0.1) is 5.92 Å². The van der Waals surface area contributed by atoms with Crippen molar-refractivity contribution >= 4 is 17.8 Å². The van der Waals surface area contributed by atoms with E-state index in [0.717, 1.165) is 37.9 Å². The zero-order valence-electron chi connectivity index (χ0n) is 19.0.